The monoisotopic (exact) mass is 274 g/mol. The molecule has 20 heavy (non-hydrogen) atoms. The normalized spacial score (nSPS) is 10.7. The number of hydrogen-bond donors (Lipinski definition) is 1. The molecule has 6 nitrogen and oxygen atoms in total. The lowest BCUT2D eigenvalue weighted by Gasteiger charge is -2.10. The maximum absolute atomic E-state index is 12.2. The lowest BCUT2D eigenvalue weighted by atomic mass is 10.2. The molecule has 0 aliphatic carbocycles. The molecular weight excluding hydrogens is 256 g/mol. The number of rotatable bonds is 5. The van der Waals surface area contributed by atoms with Crippen LogP contribution in [-0.2, 0) is 19.5 Å². The van der Waals surface area contributed by atoms with Crippen molar-refractivity contribution in [2.45, 2.75) is 32.9 Å². The first-order chi connectivity index (χ1) is 9.63. The summed E-state index contributed by atoms with van der Waals surface area (Å²) in [5.41, 5.74) is 6.03. The van der Waals surface area contributed by atoms with Crippen LogP contribution in [-0.4, -0.2) is 14.1 Å². The Hall–Kier alpha value is -2.37. The van der Waals surface area contributed by atoms with E-state index in [4.69, 9.17) is 5.73 Å². The summed E-state index contributed by atoms with van der Waals surface area (Å²) in [7, 11) is 0. The zero-order valence-electron chi connectivity index (χ0n) is 11.5. The summed E-state index contributed by atoms with van der Waals surface area (Å²) in [6, 6.07) is 3.74. The molecule has 0 atom stereocenters. The van der Waals surface area contributed by atoms with Gasteiger partial charge in [0.25, 0.3) is 5.56 Å². The summed E-state index contributed by atoms with van der Waals surface area (Å²) in [6.45, 7) is 2.82. The summed E-state index contributed by atoms with van der Waals surface area (Å²) in [5.74, 6) is 0. The van der Waals surface area contributed by atoms with Crippen LogP contribution in [0.1, 0.15) is 18.9 Å². The first-order valence-corrected chi connectivity index (χ1v) is 6.62. The molecule has 0 saturated carbocycles. The van der Waals surface area contributed by atoms with E-state index in [0.717, 1.165) is 12.0 Å². The van der Waals surface area contributed by atoms with Gasteiger partial charge in [0.1, 0.15) is 5.69 Å². The minimum Gasteiger partial charge on any atom is -0.393 e. The number of anilines is 1. The molecule has 2 aromatic rings. The maximum Gasteiger partial charge on any atom is 0.331 e. The third kappa shape index (κ3) is 2.96. The molecule has 0 saturated heterocycles. The predicted molar refractivity (Wildman–Crippen MR) is 77.6 cm³/mol. The van der Waals surface area contributed by atoms with Crippen LogP contribution >= 0.6 is 0 Å². The third-order valence-corrected chi connectivity index (χ3v) is 3.08. The standard InChI is InChI=1S/C14H18N4O2/c1-2-7-17-10-12(15)13(19)18(14(17)20)8-5-11-4-3-6-16-9-11/h3-4,6,9-10H,2,5,7-8,15H2,1H3. The Kier molecular flexibility index (Phi) is 4.34. The fourth-order valence-corrected chi connectivity index (χ4v) is 2.06. The van der Waals surface area contributed by atoms with Gasteiger partial charge in [-0.25, -0.2) is 4.79 Å². The van der Waals surface area contributed by atoms with Crippen molar-refractivity contribution in [3.63, 3.8) is 0 Å². The van der Waals surface area contributed by atoms with Crippen LogP contribution in [0, 0.1) is 0 Å². The SMILES string of the molecule is CCCn1cc(N)c(=O)n(CCc2cccnc2)c1=O. The van der Waals surface area contributed by atoms with E-state index in [-0.39, 0.29) is 11.4 Å². The van der Waals surface area contributed by atoms with Crippen molar-refractivity contribution < 1.29 is 0 Å². The highest BCUT2D eigenvalue weighted by atomic mass is 16.2. The van der Waals surface area contributed by atoms with Gasteiger partial charge in [-0.3, -0.25) is 18.9 Å². The minimum absolute atomic E-state index is 0.101. The van der Waals surface area contributed by atoms with E-state index in [1.54, 1.807) is 12.4 Å². The molecule has 0 bridgehead atoms. The number of nitrogens with two attached hydrogens (primary N) is 1. The number of pyridine rings is 1. The van der Waals surface area contributed by atoms with Crippen molar-refractivity contribution in [1.82, 2.24) is 14.1 Å². The number of nitrogen functional groups attached to an aromatic ring is 1. The quantitative estimate of drug-likeness (QED) is 0.867. The Morgan fingerprint density at radius 2 is 2.10 bits per heavy atom. The highest BCUT2D eigenvalue weighted by Gasteiger charge is 2.09. The second kappa shape index (κ2) is 6.18. The van der Waals surface area contributed by atoms with Crippen LogP contribution in [0.5, 0.6) is 0 Å². The lowest BCUT2D eigenvalue weighted by Crippen LogP contribution is -2.41. The van der Waals surface area contributed by atoms with Crippen molar-refractivity contribution in [2.24, 2.45) is 0 Å². The van der Waals surface area contributed by atoms with Gasteiger partial charge in [0, 0.05) is 31.7 Å². The largest absolute Gasteiger partial charge is 0.393 e. The molecule has 2 N–H and O–H groups in total. The number of aryl methyl sites for hydroxylation is 2. The Morgan fingerprint density at radius 1 is 1.30 bits per heavy atom. The van der Waals surface area contributed by atoms with E-state index in [0.29, 0.717) is 19.5 Å². The van der Waals surface area contributed by atoms with Gasteiger partial charge in [-0.1, -0.05) is 13.0 Å². The van der Waals surface area contributed by atoms with Gasteiger partial charge in [0.2, 0.25) is 0 Å². The fraction of sp³-hybridized carbons (Fsp3) is 0.357. The predicted octanol–water partition coefficient (Wildman–Crippen LogP) is 0.640. The molecule has 0 fully saturated rings. The van der Waals surface area contributed by atoms with Gasteiger partial charge < -0.3 is 5.73 Å². The summed E-state index contributed by atoms with van der Waals surface area (Å²) in [5, 5.41) is 0. The minimum atomic E-state index is -0.425. The Bertz CT molecular complexity index is 689. The van der Waals surface area contributed by atoms with Crippen LogP contribution in [0.15, 0.2) is 40.3 Å². The first kappa shape index (κ1) is 14.0. The number of aromatic nitrogens is 3. The van der Waals surface area contributed by atoms with E-state index in [9.17, 15) is 9.59 Å². The Labute approximate surface area is 116 Å². The second-order valence-corrected chi connectivity index (χ2v) is 4.63. The molecule has 0 spiro atoms. The van der Waals surface area contributed by atoms with Crippen LogP contribution in [0.25, 0.3) is 0 Å². The zero-order chi connectivity index (χ0) is 14.5. The molecule has 0 aliphatic rings. The van der Waals surface area contributed by atoms with Gasteiger partial charge in [0.15, 0.2) is 0 Å². The number of hydrogen-bond acceptors (Lipinski definition) is 4. The molecular formula is C14H18N4O2. The molecule has 2 rings (SSSR count). The van der Waals surface area contributed by atoms with E-state index in [1.807, 2.05) is 19.1 Å². The fourth-order valence-electron chi connectivity index (χ4n) is 2.06. The molecule has 2 aromatic heterocycles. The molecule has 2 heterocycles. The topological polar surface area (TPSA) is 82.9 Å². The molecule has 0 amide bonds. The molecule has 0 radical (unpaired) electrons. The van der Waals surface area contributed by atoms with Crippen LogP contribution in [0.3, 0.4) is 0 Å². The van der Waals surface area contributed by atoms with Gasteiger partial charge in [-0.2, -0.15) is 0 Å². The molecule has 0 aromatic carbocycles. The maximum atomic E-state index is 12.2. The van der Waals surface area contributed by atoms with Crippen LogP contribution in [0.4, 0.5) is 5.69 Å². The number of nitrogens with zero attached hydrogens (tertiary/aromatic N) is 3. The molecule has 6 heteroatoms. The van der Waals surface area contributed by atoms with E-state index in [2.05, 4.69) is 4.98 Å². The van der Waals surface area contributed by atoms with Gasteiger partial charge >= 0.3 is 5.69 Å². The highest BCUT2D eigenvalue weighted by Crippen LogP contribution is 1.99. The summed E-state index contributed by atoms with van der Waals surface area (Å²) in [6.07, 6.45) is 6.21. The van der Waals surface area contributed by atoms with Crippen molar-refractivity contribution in [3.05, 3.63) is 57.1 Å². The molecule has 0 aliphatic heterocycles. The lowest BCUT2D eigenvalue weighted by molar-refractivity contribution is 0.548. The van der Waals surface area contributed by atoms with E-state index < -0.39 is 5.56 Å². The van der Waals surface area contributed by atoms with Crippen molar-refractivity contribution in [3.8, 4) is 0 Å². The Balaban J connectivity index is 2.31. The van der Waals surface area contributed by atoms with Gasteiger partial charge in [-0.05, 0) is 24.5 Å². The van der Waals surface area contributed by atoms with Crippen LogP contribution < -0.4 is 17.0 Å². The zero-order valence-corrected chi connectivity index (χ0v) is 11.5. The van der Waals surface area contributed by atoms with Crippen molar-refractivity contribution >= 4 is 5.69 Å². The smallest absolute Gasteiger partial charge is 0.331 e. The molecule has 106 valence electrons. The van der Waals surface area contributed by atoms with Gasteiger partial charge in [0.05, 0.1) is 0 Å². The van der Waals surface area contributed by atoms with Gasteiger partial charge in [-0.15, -0.1) is 0 Å². The summed E-state index contributed by atoms with van der Waals surface area (Å²) < 4.78 is 2.68. The van der Waals surface area contributed by atoms with Crippen molar-refractivity contribution in [1.29, 1.82) is 0 Å². The van der Waals surface area contributed by atoms with E-state index in [1.165, 1.54) is 15.3 Å². The Morgan fingerprint density at radius 3 is 2.75 bits per heavy atom. The molecule has 0 unspecified atom stereocenters. The second-order valence-electron chi connectivity index (χ2n) is 4.63. The third-order valence-electron chi connectivity index (χ3n) is 3.08. The highest BCUT2D eigenvalue weighted by molar-refractivity contribution is 5.31. The average Bonchev–Trinajstić information content (AvgIpc) is 2.46. The summed E-state index contributed by atoms with van der Waals surface area (Å²) in [4.78, 5) is 28.2. The van der Waals surface area contributed by atoms with E-state index >= 15 is 0 Å². The van der Waals surface area contributed by atoms with Crippen molar-refractivity contribution in [2.75, 3.05) is 5.73 Å². The van der Waals surface area contributed by atoms with Crippen LogP contribution in [0.2, 0.25) is 0 Å². The summed E-state index contributed by atoms with van der Waals surface area (Å²) >= 11 is 0. The average molecular weight is 274 g/mol. The first-order valence-electron chi connectivity index (χ1n) is 6.62.